The number of nitrogen functional groups attached to an aromatic ring is 2. The summed E-state index contributed by atoms with van der Waals surface area (Å²) in [4.78, 5) is -2.53. The molecule has 0 radical (unpaired) electrons. The summed E-state index contributed by atoms with van der Waals surface area (Å²) < 4.78 is 105. The number of nitrogens with one attached hydrogen (secondary N) is 1. The van der Waals surface area contributed by atoms with Crippen LogP contribution in [0.2, 0.25) is 0 Å². The second-order valence-electron chi connectivity index (χ2n) is 7.41. The van der Waals surface area contributed by atoms with Gasteiger partial charge in [0.1, 0.15) is 30.4 Å². The second-order valence-corrected chi connectivity index (χ2v) is 11.5. The van der Waals surface area contributed by atoms with E-state index in [9.17, 15) is 38.9 Å². The van der Waals surface area contributed by atoms with Crippen LogP contribution in [0.5, 0.6) is 0 Å². The average molecular weight is 562 g/mol. The predicted molar refractivity (Wildman–Crippen MR) is 123 cm³/mol. The smallest absolute Gasteiger partial charge is 0.744 e. The molecular weight excluding hydrogens is 545 g/mol. The normalized spacial score (nSPS) is 14.6. The summed E-state index contributed by atoms with van der Waals surface area (Å²) in [6, 6.07) is 6.44. The van der Waals surface area contributed by atoms with Gasteiger partial charge in [-0.05, 0) is 71.2 Å². The molecule has 0 fully saturated rings. The maximum atomic E-state index is 11.8. The van der Waals surface area contributed by atoms with Crippen LogP contribution in [-0.2, 0) is 30.4 Å². The molecule has 0 saturated heterocycles. The van der Waals surface area contributed by atoms with Crippen LogP contribution in [0.4, 0.5) is 11.4 Å². The van der Waals surface area contributed by atoms with E-state index in [4.69, 9.17) is 16.9 Å². The number of benzene rings is 2. The molecule has 36 heavy (non-hydrogen) atoms. The van der Waals surface area contributed by atoms with Gasteiger partial charge in [-0.25, -0.2) is 25.3 Å². The van der Waals surface area contributed by atoms with E-state index in [0.29, 0.717) is 0 Å². The fraction of sp³-hybridized carbons (Fsp3) is 0.0500. The monoisotopic (exact) mass is 561 g/mol. The molecule has 1 aliphatic rings. The van der Waals surface area contributed by atoms with Crippen LogP contribution < -0.4 is 41.0 Å². The Kier molecular flexibility index (Phi) is 8.47. The Morgan fingerprint density at radius 1 is 0.750 bits per heavy atom. The minimum absolute atomic E-state index is 0. The van der Waals surface area contributed by atoms with Gasteiger partial charge in [0.15, 0.2) is 0 Å². The molecule has 2 aromatic carbocycles. The Morgan fingerprint density at radius 3 is 1.53 bits per heavy atom. The zero-order valence-corrected chi connectivity index (χ0v) is 23.1. The van der Waals surface area contributed by atoms with E-state index in [1.165, 1.54) is 25.1 Å². The van der Waals surface area contributed by atoms with Gasteiger partial charge < -0.3 is 25.1 Å². The van der Waals surface area contributed by atoms with Crippen LogP contribution in [0.3, 0.4) is 0 Å². The van der Waals surface area contributed by atoms with Crippen LogP contribution in [0.1, 0.15) is 18.1 Å². The molecule has 3 rings (SSSR count). The molecule has 186 valence electrons. The van der Waals surface area contributed by atoms with Crippen LogP contribution in [0.25, 0.3) is 5.57 Å². The Morgan fingerprint density at radius 2 is 1.17 bits per heavy atom. The zero-order chi connectivity index (χ0) is 26.5. The third-order valence-corrected chi connectivity index (χ3v) is 7.65. The molecule has 16 heteroatoms. The first kappa shape index (κ1) is 29.9. The van der Waals surface area contributed by atoms with Crippen molar-refractivity contribution < 1.29 is 68.5 Å². The van der Waals surface area contributed by atoms with E-state index in [1.54, 1.807) is 0 Å². The number of rotatable bonds is 5. The van der Waals surface area contributed by atoms with Crippen LogP contribution >= 0.6 is 0 Å². The molecule has 0 spiro atoms. The van der Waals surface area contributed by atoms with Gasteiger partial charge in [-0.3, -0.25) is 5.41 Å². The number of nitrogens with two attached hydrogens (primary N) is 2. The van der Waals surface area contributed by atoms with E-state index >= 15 is 0 Å². The minimum atomic E-state index is -5.14. The molecule has 0 atom stereocenters. The van der Waals surface area contributed by atoms with Gasteiger partial charge in [0.05, 0.1) is 20.4 Å². The summed E-state index contributed by atoms with van der Waals surface area (Å²) >= 11 is 0. The Labute approximate surface area is 229 Å². The zero-order valence-electron chi connectivity index (χ0n) is 18.7. The molecule has 2 aromatic rings. The van der Waals surface area contributed by atoms with Gasteiger partial charge in [0, 0.05) is 11.4 Å². The van der Waals surface area contributed by atoms with Gasteiger partial charge in [0.2, 0.25) is 0 Å². The van der Waals surface area contributed by atoms with Crippen molar-refractivity contribution in [2.75, 3.05) is 11.5 Å². The number of allylic oxidation sites excluding steroid dienone is 5. The summed E-state index contributed by atoms with van der Waals surface area (Å²) in [5, 5.41) is 7.92. The van der Waals surface area contributed by atoms with Crippen molar-refractivity contribution in [2.45, 2.75) is 16.7 Å². The first-order valence-corrected chi connectivity index (χ1v) is 13.5. The van der Waals surface area contributed by atoms with Gasteiger partial charge in [0.25, 0.3) is 0 Å². The van der Waals surface area contributed by atoms with Gasteiger partial charge in [-0.1, -0.05) is 12.1 Å². The number of hydrogen-bond acceptors (Lipinski definition) is 12. The molecule has 0 saturated carbocycles. The van der Waals surface area contributed by atoms with E-state index in [0.717, 1.165) is 30.3 Å². The SMILES string of the molecule is CC1=CC(=C(c2ccc(N)c(S(=O)(=O)[O-])c2)c2ccc(N)c(S(=O)(=O)[O-])c2)C=C(S(=O)(=O)[O-])C1=N.[Na+]. The van der Waals surface area contributed by atoms with E-state index in [-0.39, 0.29) is 68.8 Å². The molecule has 0 amide bonds. The first-order chi connectivity index (χ1) is 15.9. The van der Waals surface area contributed by atoms with Gasteiger partial charge in [-0.2, -0.15) is 0 Å². The number of hydrogen-bond donors (Lipinski definition) is 3. The Bertz CT molecular complexity index is 1620. The summed E-state index contributed by atoms with van der Waals surface area (Å²) in [6.07, 6.45) is 2.13. The molecule has 0 aliphatic heterocycles. The Hall–Kier alpha value is -2.34. The molecule has 0 unspecified atom stereocenters. The van der Waals surface area contributed by atoms with Crippen molar-refractivity contribution >= 4 is 53.0 Å². The fourth-order valence-corrected chi connectivity index (χ4v) is 5.35. The quantitative estimate of drug-likeness (QED) is 0.202. The predicted octanol–water partition coefficient (Wildman–Crippen LogP) is -2.13. The van der Waals surface area contributed by atoms with Gasteiger partial charge in [-0.15, -0.1) is 0 Å². The topological polar surface area (TPSA) is 247 Å². The maximum Gasteiger partial charge on any atom is 1.00 e. The van der Waals surface area contributed by atoms with Crippen molar-refractivity contribution in [1.82, 2.24) is 0 Å². The fourth-order valence-electron chi connectivity index (χ4n) is 3.41. The van der Waals surface area contributed by atoms with Crippen LogP contribution in [0.15, 0.2) is 74.4 Å². The largest absolute Gasteiger partial charge is 1.00 e. The van der Waals surface area contributed by atoms with E-state index in [1.807, 2.05) is 0 Å². The summed E-state index contributed by atoms with van der Waals surface area (Å²) in [5.41, 5.74) is 9.65. The molecular formula is C20H16N3NaO9S3-2. The average Bonchev–Trinajstić information content (AvgIpc) is 2.70. The van der Waals surface area contributed by atoms with E-state index < -0.39 is 50.8 Å². The molecule has 1 aliphatic carbocycles. The molecule has 0 heterocycles. The third-order valence-electron chi connectivity index (χ3n) is 5.00. The number of anilines is 2. The van der Waals surface area contributed by atoms with Crippen molar-refractivity contribution in [3.8, 4) is 0 Å². The van der Waals surface area contributed by atoms with Gasteiger partial charge >= 0.3 is 29.6 Å². The van der Waals surface area contributed by atoms with Crippen molar-refractivity contribution in [2.24, 2.45) is 0 Å². The van der Waals surface area contributed by atoms with Crippen molar-refractivity contribution in [3.63, 3.8) is 0 Å². The summed E-state index contributed by atoms with van der Waals surface area (Å²) in [5.74, 6) is 0. The van der Waals surface area contributed by atoms with Crippen molar-refractivity contribution in [3.05, 3.63) is 75.7 Å². The summed E-state index contributed by atoms with van der Waals surface area (Å²) in [7, 11) is -15.3. The molecule has 5 N–H and O–H groups in total. The minimum Gasteiger partial charge on any atom is -0.744 e. The second kappa shape index (κ2) is 10.2. The maximum absolute atomic E-state index is 11.8. The van der Waals surface area contributed by atoms with Crippen LogP contribution in [-0.4, -0.2) is 44.6 Å². The standard InChI is InChI=1S/C20H19N3O9S3.Na/c1-10-6-13(9-18(20(10)23)35(30,31)32)19(11-2-4-14(21)16(7-11)33(24,25)26)12-3-5-15(22)17(8-12)34(27,28)29;/h2-9,23H,21-22H2,1H3,(H,24,25,26)(H,27,28,29)(H,30,31,32);/q;+1/p-3. The first-order valence-electron chi connectivity index (χ1n) is 9.32. The Balaban J connectivity index is 0.00000456. The third kappa shape index (κ3) is 6.13. The van der Waals surface area contributed by atoms with Crippen LogP contribution in [0, 0.1) is 5.41 Å². The molecule has 0 bridgehead atoms. The van der Waals surface area contributed by atoms with Crippen molar-refractivity contribution in [1.29, 1.82) is 5.41 Å². The molecule has 0 aromatic heterocycles. The summed E-state index contributed by atoms with van der Waals surface area (Å²) in [6.45, 7) is 1.34. The molecule has 12 nitrogen and oxygen atoms in total. The van der Waals surface area contributed by atoms with E-state index in [2.05, 4.69) is 0 Å².